The van der Waals surface area contributed by atoms with Crippen molar-refractivity contribution in [2.24, 2.45) is 5.92 Å². The van der Waals surface area contributed by atoms with Crippen LogP contribution in [0.15, 0.2) is 35.8 Å². The van der Waals surface area contributed by atoms with Crippen molar-refractivity contribution in [3.63, 3.8) is 0 Å². The number of carbonyl (C=O) groups excluding carboxylic acids is 1. The normalized spacial score (nSPS) is 12.8. The van der Waals surface area contributed by atoms with Gasteiger partial charge in [-0.05, 0) is 18.9 Å². The van der Waals surface area contributed by atoms with Crippen molar-refractivity contribution in [2.45, 2.75) is 34.1 Å². The van der Waals surface area contributed by atoms with Gasteiger partial charge >= 0.3 is 0 Å². The van der Waals surface area contributed by atoms with Gasteiger partial charge in [0.05, 0.1) is 5.69 Å². The van der Waals surface area contributed by atoms with E-state index in [1.165, 1.54) is 11.3 Å². The number of aromatic nitrogens is 1. The van der Waals surface area contributed by atoms with Crippen LogP contribution in [0.5, 0.6) is 0 Å². The van der Waals surface area contributed by atoms with Gasteiger partial charge in [0.25, 0.3) is 0 Å². The molecule has 0 fully saturated rings. The minimum absolute atomic E-state index is 0.00523. The Kier molecular flexibility index (Phi) is 6.94. The summed E-state index contributed by atoms with van der Waals surface area (Å²) in [5.41, 5.74) is 1.93. The van der Waals surface area contributed by atoms with E-state index in [2.05, 4.69) is 23.3 Å². The third-order valence-electron chi connectivity index (χ3n) is 2.62. The van der Waals surface area contributed by atoms with Gasteiger partial charge in [0.1, 0.15) is 0 Å². The van der Waals surface area contributed by atoms with E-state index in [-0.39, 0.29) is 11.8 Å². The Bertz CT molecular complexity index is 524. The minimum atomic E-state index is -0.0392. The van der Waals surface area contributed by atoms with E-state index in [0.29, 0.717) is 5.13 Å². The Morgan fingerprint density at radius 1 is 1.45 bits per heavy atom. The SMILES string of the molecule is C\C=C(/C=C\C=C/CC)c1csc(NC(=O)C(C)C)n1. The second kappa shape index (κ2) is 8.48. The largest absolute Gasteiger partial charge is 0.302 e. The molecule has 1 aromatic rings. The summed E-state index contributed by atoms with van der Waals surface area (Å²) < 4.78 is 0. The van der Waals surface area contributed by atoms with Crippen LogP contribution < -0.4 is 5.32 Å². The third kappa shape index (κ3) is 5.13. The summed E-state index contributed by atoms with van der Waals surface area (Å²) in [5, 5.41) is 5.43. The molecular weight excluding hydrogens is 268 g/mol. The zero-order valence-electron chi connectivity index (χ0n) is 12.5. The summed E-state index contributed by atoms with van der Waals surface area (Å²) in [6, 6.07) is 0. The van der Waals surface area contributed by atoms with Gasteiger partial charge in [0.15, 0.2) is 5.13 Å². The highest BCUT2D eigenvalue weighted by atomic mass is 32.1. The molecule has 1 amide bonds. The summed E-state index contributed by atoms with van der Waals surface area (Å²) >= 11 is 1.45. The first-order valence-corrected chi connectivity index (χ1v) is 7.72. The van der Waals surface area contributed by atoms with Crippen molar-refractivity contribution in [2.75, 3.05) is 5.32 Å². The van der Waals surface area contributed by atoms with Crippen LogP contribution in [-0.2, 0) is 4.79 Å². The molecule has 0 bridgehead atoms. The highest BCUT2D eigenvalue weighted by molar-refractivity contribution is 7.14. The lowest BCUT2D eigenvalue weighted by Crippen LogP contribution is -2.17. The molecule has 0 radical (unpaired) electrons. The van der Waals surface area contributed by atoms with E-state index in [1.807, 2.05) is 50.5 Å². The van der Waals surface area contributed by atoms with Gasteiger partial charge in [-0.25, -0.2) is 4.98 Å². The lowest BCUT2D eigenvalue weighted by molar-refractivity contribution is -0.118. The van der Waals surface area contributed by atoms with Crippen LogP contribution in [0, 0.1) is 5.92 Å². The first-order valence-electron chi connectivity index (χ1n) is 6.84. The Labute approximate surface area is 125 Å². The van der Waals surface area contributed by atoms with E-state index in [0.717, 1.165) is 17.7 Å². The molecule has 0 aromatic carbocycles. The average molecular weight is 290 g/mol. The van der Waals surface area contributed by atoms with Crippen LogP contribution >= 0.6 is 11.3 Å². The standard InChI is InChI=1S/C16H22N2OS/c1-5-7-8-9-10-13(6-2)14-11-20-16(17-14)18-15(19)12(3)4/h6-12H,5H2,1-4H3,(H,17,18,19)/b8-7-,10-9-,13-6+. The molecule has 0 unspecified atom stereocenters. The summed E-state index contributed by atoms with van der Waals surface area (Å²) in [6.07, 6.45) is 11.2. The summed E-state index contributed by atoms with van der Waals surface area (Å²) in [6.45, 7) is 7.81. The predicted octanol–water partition coefficient (Wildman–Crippen LogP) is 4.66. The second-order valence-corrected chi connectivity index (χ2v) is 5.48. The van der Waals surface area contributed by atoms with Crippen molar-refractivity contribution in [1.82, 2.24) is 4.98 Å². The average Bonchev–Trinajstić information content (AvgIpc) is 2.87. The molecule has 0 spiro atoms. The van der Waals surface area contributed by atoms with Crippen LogP contribution in [0.25, 0.3) is 5.57 Å². The van der Waals surface area contributed by atoms with Gasteiger partial charge in [-0.1, -0.05) is 51.2 Å². The molecule has 0 aliphatic rings. The number of hydrogen-bond donors (Lipinski definition) is 1. The number of rotatable bonds is 6. The highest BCUT2D eigenvalue weighted by Crippen LogP contribution is 2.22. The Morgan fingerprint density at radius 3 is 2.80 bits per heavy atom. The van der Waals surface area contributed by atoms with Crippen LogP contribution in [0.4, 0.5) is 5.13 Å². The van der Waals surface area contributed by atoms with E-state index in [1.54, 1.807) is 0 Å². The van der Waals surface area contributed by atoms with E-state index < -0.39 is 0 Å². The van der Waals surface area contributed by atoms with Crippen molar-refractivity contribution in [3.05, 3.63) is 41.5 Å². The van der Waals surface area contributed by atoms with E-state index >= 15 is 0 Å². The first-order chi connectivity index (χ1) is 9.58. The number of carbonyl (C=O) groups is 1. The number of allylic oxidation sites excluding steroid dienone is 6. The molecule has 0 aliphatic heterocycles. The molecule has 20 heavy (non-hydrogen) atoms. The summed E-state index contributed by atoms with van der Waals surface area (Å²) in [4.78, 5) is 16.1. The summed E-state index contributed by atoms with van der Waals surface area (Å²) in [5.74, 6) is -0.0445. The smallest absolute Gasteiger partial charge is 0.228 e. The molecule has 0 saturated heterocycles. The van der Waals surface area contributed by atoms with Gasteiger partial charge in [0, 0.05) is 11.3 Å². The summed E-state index contributed by atoms with van der Waals surface area (Å²) in [7, 11) is 0. The number of thiazole rings is 1. The fraction of sp³-hybridized carbons (Fsp3) is 0.375. The Morgan fingerprint density at radius 2 is 2.20 bits per heavy atom. The molecule has 0 saturated carbocycles. The van der Waals surface area contributed by atoms with Gasteiger partial charge in [-0.3, -0.25) is 4.79 Å². The Hall–Kier alpha value is -1.68. The molecule has 1 aromatic heterocycles. The zero-order chi connectivity index (χ0) is 15.0. The molecule has 1 N–H and O–H groups in total. The predicted molar refractivity (Wildman–Crippen MR) is 87.8 cm³/mol. The second-order valence-electron chi connectivity index (χ2n) is 4.62. The molecule has 4 heteroatoms. The first kappa shape index (κ1) is 16.4. The lowest BCUT2D eigenvalue weighted by atomic mass is 10.2. The third-order valence-corrected chi connectivity index (χ3v) is 3.38. The monoisotopic (exact) mass is 290 g/mol. The van der Waals surface area contributed by atoms with Crippen LogP contribution in [0.2, 0.25) is 0 Å². The number of nitrogens with one attached hydrogen (secondary N) is 1. The number of anilines is 1. The quantitative estimate of drug-likeness (QED) is 0.774. The van der Waals surface area contributed by atoms with Crippen molar-refractivity contribution < 1.29 is 4.79 Å². The van der Waals surface area contributed by atoms with Crippen LogP contribution in [0.3, 0.4) is 0 Å². The molecular formula is C16H22N2OS. The molecule has 1 rings (SSSR count). The molecule has 1 heterocycles. The minimum Gasteiger partial charge on any atom is -0.302 e. The molecule has 0 aliphatic carbocycles. The maximum atomic E-state index is 11.6. The fourth-order valence-corrected chi connectivity index (χ4v) is 2.14. The molecule has 108 valence electrons. The van der Waals surface area contributed by atoms with Gasteiger partial charge in [0.2, 0.25) is 5.91 Å². The number of nitrogens with zero attached hydrogens (tertiary/aromatic N) is 1. The maximum Gasteiger partial charge on any atom is 0.228 e. The van der Waals surface area contributed by atoms with E-state index in [4.69, 9.17) is 0 Å². The topological polar surface area (TPSA) is 42.0 Å². The Balaban J connectivity index is 2.76. The van der Waals surface area contributed by atoms with Crippen LogP contribution in [0.1, 0.15) is 39.8 Å². The van der Waals surface area contributed by atoms with Crippen molar-refractivity contribution >= 4 is 27.9 Å². The van der Waals surface area contributed by atoms with E-state index in [9.17, 15) is 4.79 Å². The van der Waals surface area contributed by atoms with Gasteiger partial charge < -0.3 is 5.32 Å². The molecule has 0 atom stereocenters. The maximum absolute atomic E-state index is 11.6. The van der Waals surface area contributed by atoms with Crippen molar-refractivity contribution in [3.8, 4) is 0 Å². The van der Waals surface area contributed by atoms with Gasteiger partial charge in [-0.15, -0.1) is 11.3 Å². The highest BCUT2D eigenvalue weighted by Gasteiger charge is 2.10. The fourth-order valence-electron chi connectivity index (χ4n) is 1.42. The van der Waals surface area contributed by atoms with Gasteiger partial charge in [-0.2, -0.15) is 0 Å². The van der Waals surface area contributed by atoms with Crippen molar-refractivity contribution in [1.29, 1.82) is 0 Å². The number of amides is 1. The van der Waals surface area contributed by atoms with Crippen LogP contribution in [-0.4, -0.2) is 10.9 Å². The number of hydrogen-bond acceptors (Lipinski definition) is 3. The molecule has 3 nitrogen and oxygen atoms in total. The zero-order valence-corrected chi connectivity index (χ0v) is 13.3. The lowest BCUT2D eigenvalue weighted by Gasteiger charge is -2.03.